The molecule has 2 N–H and O–H groups in total. The summed E-state index contributed by atoms with van der Waals surface area (Å²) < 4.78 is 1.83. The second-order valence-corrected chi connectivity index (χ2v) is 7.59. The lowest BCUT2D eigenvalue weighted by Crippen LogP contribution is -2.25. The number of phenolic OH excluding ortho intramolecular Hbond substituents is 1. The van der Waals surface area contributed by atoms with Crippen LogP contribution < -0.4 is 5.32 Å². The van der Waals surface area contributed by atoms with Crippen LogP contribution in [0.3, 0.4) is 0 Å². The lowest BCUT2D eigenvalue weighted by molar-refractivity contribution is 0.0954. The third-order valence-electron chi connectivity index (χ3n) is 2.49. The van der Waals surface area contributed by atoms with E-state index in [4.69, 9.17) is 0 Å². The van der Waals surface area contributed by atoms with Crippen LogP contribution in [0.5, 0.6) is 5.75 Å². The Hall–Kier alpha value is -0.600. The quantitative estimate of drug-likeness (QED) is 0.694. The van der Waals surface area contributed by atoms with E-state index in [0.717, 1.165) is 13.8 Å². The molecule has 100 valence electrons. The van der Waals surface area contributed by atoms with Gasteiger partial charge < -0.3 is 10.4 Å². The summed E-state index contributed by atoms with van der Waals surface area (Å²) in [6.07, 6.45) is 0.804. The molecule has 0 atom stereocenters. The van der Waals surface area contributed by atoms with Crippen LogP contribution >= 0.6 is 49.9 Å². The van der Waals surface area contributed by atoms with Crippen molar-refractivity contribution in [1.29, 1.82) is 0 Å². The van der Waals surface area contributed by atoms with Crippen molar-refractivity contribution in [2.45, 2.75) is 6.42 Å². The van der Waals surface area contributed by atoms with Crippen LogP contribution in [0.25, 0.3) is 0 Å². The summed E-state index contributed by atoms with van der Waals surface area (Å²) in [7, 11) is 0. The van der Waals surface area contributed by atoms with E-state index in [1.165, 1.54) is 10.9 Å². The third kappa shape index (κ3) is 4.19. The predicted octanol–water partition coefficient (Wildman–Crippen LogP) is 3.79. The molecule has 1 aromatic heterocycles. The SMILES string of the molecule is O=C(NCCc1ccc(Br)s1)c1ccc(I)c(O)c1. The highest BCUT2D eigenvalue weighted by Gasteiger charge is 2.08. The highest BCUT2D eigenvalue weighted by atomic mass is 127. The molecule has 1 heterocycles. The van der Waals surface area contributed by atoms with Crippen molar-refractivity contribution in [3.05, 3.63) is 48.1 Å². The normalized spacial score (nSPS) is 10.4. The number of thiophene rings is 1. The number of halogens is 2. The fourth-order valence-electron chi connectivity index (χ4n) is 1.54. The van der Waals surface area contributed by atoms with Crippen LogP contribution in [0.15, 0.2) is 34.1 Å². The van der Waals surface area contributed by atoms with Gasteiger partial charge in [-0.15, -0.1) is 11.3 Å². The van der Waals surface area contributed by atoms with Crippen molar-refractivity contribution >= 4 is 55.8 Å². The second-order valence-electron chi connectivity index (χ2n) is 3.88. The molecule has 2 aromatic rings. The van der Waals surface area contributed by atoms with Crippen molar-refractivity contribution in [3.63, 3.8) is 0 Å². The molecular formula is C13H11BrINO2S. The van der Waals surface area contributed by atoms with Gasteiger partial charge in [0, 0.05) is 17.0 Å². The van der Waals surface area contributed by atoms with Gasteiger partial charge in [0.1, 0.15) is 5.75 Å². The molecule has 0 radical (unpaired) electrons. The summed E-state index contributed by atoms with van der Waals surface area (Å²) in [4.78, 5) is 13.1. The van der Waals surface area contributed by atoms with E-state index >= 15 is 0 Å². The van der Waals surface area contributed by atoms with E-state index in [2.05, 4.69) is 21.2 Å². The fourth-order valence-corrected chi connectivity index (χ4v) is 3.36. The molecule has 1 aromatic carbocycles. The smallest absolute Gasteiger partial charge is 0.251 e. The standard InChI is InChI=1S/C13H11BrINO2S/c14-12-4-2-9(19-12)5-6-16-13(18)8-1-3-10(15)11(17)7-8/h1-4,7,17H,5-6H2,(H,16,18). The van der Waals surface area contributed by atoms with E-state index < -0.39 is 0 Å². The average Bonchev–Trinajstić information content (AvgIpc) is 2.78. The Balaban J connectivity index is 1.89. The zero-order valence-corrected chi connectivity index (χ0v) is 14.4. The molecule has 3 nitrogen and oxygen atoms in total. The number of hydrogen-bond donors (Lipinski definition) is 2. The van der Waals surface area contributed by atoms with Gasteiger partial charge in [-0.25, -0.2) is 0 Å². The molecule has 0 unspecified atom stereocenters. The van der Waals surface area contributed by atoms with E-state index in [-0.39, 0.29) is 11.7 Å². The van der Waals surface area contributed by atoms with Gasteiger partial charge in [0.25, 0.3) is 5.91 Å². The van der Waals surface area contributed by atoms with Gasteiger partial charge in [0.2, 0.25) is 0 Å². The van der Waals surface area contributed by atoms with Crippen molar-refractivity contribution in [3.8, 4) is 5.75 Å². The minimum atomic E-state index is -0.165. The maximum Gasteiger partial charge on any atom is 0.251 e. The highest BCUT2D eigenvalue weighted by molar-refractivity contribution is 14.1. The molecule has 2 rings (SSSR count). The van der Waals surface area contributed by atoms with Crippen LogP contribution in [-0.2, 0) is 6.42 Å². The molecule has 0 aliphatic rings. The molecule has 0 fully saturated rings. The Labute approximate surface area is 137 Å². The Kier molecular flexibility index (Phi) is 5.23. The average molecular weight is 452 g/mol. The summed E-state index contributed by atoms with van der Waals surface area (Å²) in [6, 6.07) is 8.95. The van der Waals surface area contributed by atoms with Gasteiger partial charge >= 0.3 is 0 Å². The molecule has 19 heavy (non-hydrogen) atoms. The summed E-state index contributed by atoms with van der Waals surface area (Å²) in [5, 5.41) is 12.4. The van der Waals surface area contributed by atoms with E-state index in [0.29, 0.717) is 12.1 Å². The van der Waals surface area contributed by atoms with Gasteiger partial charge in [-0.2, -0.15) is 0 Å². The van der Waals surface area contributed by atoms with Crippen LogP contribution in [-0.4, -0.2) is 17.6 Å². The van der Waals surface area contributed by atoms with Crippen LogP contribution in [0.4, 0.5) is 0 Å². The molecule has 1 amide bonds. The second kappa shape index (κ2) is 6.71. The minimum Gasteiger partial charge on any atom is -0.507 e. The Bertz CT molecular complexity index is 600. The number of phenols is 1. The number of aromatic hydroxyl groups is 1. The predicted molar refractivity (Wildman–Crippen MR) is 88.9 cm³/mol. The van der Waals surface area contributed by atoms with Crippen molar-refractivity contribution < 1.29 is 9.90 Å². The van der Waals surface area contributed by atoms with Crippen molar-refractivity contribution in [1.82, 2.24) is 5.32 Å². The molecule has 6 heteroatoms. The Morgan fingerprint density at radius 3 is 2.79 bits per heavy atom. The van der Waals surface area contributed by atoms with Crippen LogP contribution in [0.2, 0.25) is 0 Å². The number of hydrogen-bond acceptors (Lipinski definition) is 3. The monoisotopic (exact) mass is 451 g/mol. The number of carbonyl (C=O) groups is 1. The summed E-state index contributed by atoms with van der Waals surface area (Å²) >= 11 is 7.09. The topological polar surface area (TPSA) is 49.3 Å². The third-order valence-corrected chi connectivity index (χ3v) is 5.09. The molecule has 0 aliphatic heterocycles. The molecular weight excluding hydrogens is 441 g/mol. The van der Waals surface area contributed by atoms with Crippen molar-refractivity contribution in [2.75, 3.05) is 6.54 Å². The largest absolute Gasteiger partial charge is 0.507 e. The maximum absolute atomic E-state index is 11.9. The molecule has 0 spiro atoms. The number of rotatable bonds is 4. The first kappa shape index (κ1) is 14.8. The Morgan fingerprint density at radius 2 is 2.16 bits per heavy atom. The lowest BCUT2D eigenvalue weighted by atomic mass is 10.2. The summed E-state index contributed by atoms with van der Waals surface area (Å²) in [5.41, 5.74) is 0.477. The lowest BCUT2D eigenvalue weighted by Gasteiger charge is -2.05. The molecule has 0 aliphatic carbocycles. The van der Waals surface area contributed by atoms with Gasteiger partial charge in [0.05, 0.1) is 7.36 Å². The number of benzene rings is 1. The molecule has 0 saturated carbocycles. The van der Waals surface area contributed by atoms with Gasteiger partial charge in [-0.3, -0.25) is 4.79 Å². The first-order valence-electron chi connectivity index (χ1n) is 5.57. The van der Waals surface area contributed by atoms with E-state index in [1.807, 2.05) is 34.7 Å². The first-order chi connectivity index (χ1) is 9.06. The zero-order valence-electron chi connectivity index (χ0n) is 9.82. The van der Waals surface area contributed by atoms with Crippen LogP contribution in [0, 0.1) is 3.57 Å². The summed E-state index contributed by atoms with van der Waals surface area (Å²) in [5.74, 6) is -0.0299. The molecule has 0 saturated heterocycles. The first-order valence-corrected chi connectivity index (χ1v) is 8.26. The van der Waals surface area contributed by atoms with Gasteiger partial charge in [-0.1, -0.05) is 0 Å². The van der Waals surface area contributed by atoms with Crippen LogP contribution in [0.1, 0.15) is 15.2 Å². The van der Waals surface area contributed by atoms with E-state index in [1.54, 1.807) is 23.5 Å². The molecule has 0 bridgehead atoms. The summed E-state index contributed by atoms with van der Waals surface area (Å²) in [6.45, 7) is 0.582. The highest BCUT2D eigenvalue weighted by Crippen LogP contribution is 2.22. The number of nitrogens with one attached hydrogen (secondary N) is 1. The maximum atomic E-state index is 11.9. The van der Waals surface area contributed by atoms with E-state index in [9.17, 15) is 9.90 Å². The zero-order chi connectivity index (χ0) is 13.8. The van der Waals surface area contributed by atoms with Crippen molar-refractivity contribution in [2.24, 2.45) is 0 Å². The number of carbonyl (C=O) groups excluding carboxylic acids is 1. The van der Waals surface area contributed by atoms with Gasteiger partial charge in [0.15, 0.2) is 0 Å². The minimum absolute atomic E-state index is 0.135. The number of amides is 1. The fraction of sp³-hybridized carbons (Fsp3) is 0.154. The Morgan fingerprint density at radius 1 is 1.37 bits per heavy atom. The van der Waals surface area contributed by atoms with Gasteiger partial charge in [-0.05, 0) is 75.3 Å².